The Morgan fingerprint density at radius 1 is 1.04 bits per heavy atom. The molecule has 126 valence electrons. The van der Waals surface area contributed by atoms with Gasteiger partial charge in [0, 0.05) is 25.3 Å². The van der Waals surface area contributed by atoms with Crippen molar-refractivity contribution in [3.63, 3.8) is 0 Å². The van der Waals surface area contributed by atoms with Crippen LogP contribution in [0.4, 0.5) is 5.69 Å². The molecule has 2 rings (SSSR count). The third kappa shape index (κ3) is 4.35. The van der Waals surface area contributed by atoms with E-state index in [0.29, 0.717) is 17.0 Å². The number of carbonyl (C=O) groups excluding carboxylic acids is 2. The van der Waals surface area contributed by atoms with Crippen LogP contribution in [-0.2, 0) is 4.79 Å². The summed E-state index contributed by atoms with van der Waals surface area (Å²) in [6, 6.07) is 12.5. The second kappa shape index (κ2) is 7.64. The van der Waals surface area contributed by atoms with E-state index in [4.69, 9.17) is 4.74 Å². The standard InChI is InChI=1S/C19H22N2O3/c1-13-6-5-7-17(14(13)2)24-12-18(22)20-16-10-8-15(9-11-16)19(23)21(3)4/h5-11H,12H2,1-4H3,(H,20,22). The average molecular weight is 326 g/mol. The van der Waals surface area contributed by atoms with Gasteiger partial charge in [-0.3, -0.25) is 9.59 Å². The monoisotopic (exact) mass is 326 g/mol. The lowest BCUT2D eigenvalue weighted by molar-refractivity contribution is -0.118. The number of nitrogens with zero attached hydrogens (tertiary/aromatic N) is 1. The van der Waals surface area contributed by atoms with Gasteiger partial charge in [-0.2, -0.15) is 0 Å². The molecular formula is C19H22N2O3. The van der Waals surface area contributed by atoms with E-state index in [1.165, 1.54) is 4.90 Å². The Labute approximate surface area is 142 Å². The molecule has 0 aliphatic rings. The minimum Gasteiger partial charge on any atom is -0.483 e. The third-order valence-corrected chi connectivity index (χ3v) is 3.74. The van der Waals surface area contributed by atoms with E-state index in [2.05, 4.69) is 5.32 Å². The van der Waals surface area contributed by atoms with Crippen molar-refractivity contribution in [1.82, 2.24) is 4.90 Å². The van der Waals surface area contributed by atoms with Crippen molar-refractivity contribution in [2.45, 2.75) is 13.8 Å². The molecular weight excluding hydrogens is 304 g/mol. The number of hydrogen-bond donors (Lipinski definition) is 1. The van der Waals surface area contributed by atoms with Crippen LogP contribution < -0.4 is 10.1 Å². The summed E-state index contributed by atoms with van der Waals surface area (Å²) < 4.78 is 5.57. The van der Waals surface area contributed by atoms with Gasteiger partial charge in [-0.15, -0.1) is 0 Å². The van der Waals surface area contributed by atoms with Crippen molar-refractivity contribution in [1.29, 1.82) is 0 Å². The highest BCUT2D eigenvalue weighted by Crippen LogP contribution is 2.20. The number of nitrogens with one attached hydrogen (secondary N) is 1. The smallest absolute Gasteiger partial charge is 0.262 e. The lowest BCUT2D eigenvalue weighted by Crippen LogP contribution is -2.22. The number of anilines is 1. The summed E-state index contributed by atoms with van der Waals surface area (Å²) in [4.78, 5) is 25.3. The van der Waals surface area contributed by atoms with E-state index in [-0.39, 0.29) is 18.4 Å². The van der Waals surface area contributed by atoms with E-state index in [0.717, 1.165) is 11.1 Å². The van der Waals surface area contributed by atoms with Gasteiger partial charge in [0.25, 0.3) is 11.8 Å². The van der Waals surface area contributed by atoms with Crippen molar-refractivity contribution in [2.75, 3.05) is 26.0 Å². The van der Waals surface area contributed by atoms with Gasteiger partial charge in [-0.25, -0.2) is 0 Å². The van der Waals surface area contributed by atoms with E-state index in [1.54, 1.807) is 38.4 Å². The molecule has 0 atom stereocenters. The number of benzene rings is 2. The highest BCUT2D eigenvalue weighted by atomic mass is 16.5. The average Bonchev–Trinajstić information content (AvgIpc) is 2.56. The molecule has 0 aromatic heterocycles. The Bertz CT molecular complexity index is 737. The molecule has 2 aromatic rings. The van der Waals surface area contributed by atoms with Crippen molar-refractivity contribution in [2.24, 2.45) is 0 Å². The molecule has 1 N–H and O–H groups in total. The molecule has 0 saturated heterocycles. The topological polar surface area (TPSA) is 58.6 Å². The summed E-state index contributed by atoms with van der Waals surface area (Å²) in [6.45, 7) is 3.89. The highest BCUT2D eigenvalue weighted by Gasteiger charge is 2.09. The maximum absolute atomic E-state index is 12.0. The third-order valence-electron chi connectivity index (χ3n) is 3.74. The zero-order valence-corrected chi connectivity index (χ0v) is 14.4. The summed E-state index contributed by atoms with van der Waals surface area (Å²) >= 11 is 0. The van der Waals surface area contributed by atoms with E-state index in [9.17, 15) is 9.59 Å². The molecule has 0 aliphatic carbocycles. The molecule has 5 nitrogen and oxygen atoms in total. The fourth-order valence-corrected chi connectivity index (χ4v) is 2.18. The van der Waals surface area contributed by atoms with Gasteiger partial charge in [-0.05, 0) is 55.3 Å². The molecule has 0 aliphatic heterocycles. The quantitative estimate of drug-likeness (QED) is 0.919. The number of carbonyl (C=O) groups is 2. The van der Waals surface area contributed by atoms with Crippen molar-refractivity contribution in [3.05, 3.63) is 59.2 Å². The van der Waals surface area contributed by atoms with E-state index >= 15 is 0 Å². The van der Waals surface area contributed by atoms with Gasteiger partial charge < -0.3 is 15.0 Å². The van der Waals surface area contributed by atoms with Crippen LogP contribution in [0.25, 0.3) is 0 Å². The molecule has 0 radical (unpaired) electrons. The predicted octanol–water partition coefficient (Wildman–Crippen LogP) is 3.02. The van der Waals surface area contributed by atoms with Gasteiger partial charge in [-0.1, -0.05) is 12.1 Å². The first-order valence-corrected chi connectivity index (χ1v) is 7.69. The Morgan fingerprint density at radius 3 is 2.33 bits per heavy atom. The van der Waals surface area contributed by atoms with E-state index < -0.39 is 0 Å². The lowest BCUT2D eigenvalue weighted by atomic mass is 10.1. The largest absolute Gasteiger partial charge is 0.483 e. The maximum Gasteiger partial charge on any atom is 0.262 e. The molecule has 0 heterocycles. The summed E-state index contributed by atoms with van der Waals surface area (Å²) in [5, 5.41) is 2.75. The first-order chi connectivity index (χ1) is 11.4. The van der Waals surface area contributed by atoms with Crippen LogP contribution in [0.1, 0.15) is 21.5 Å². The fourth-order valence-electron chi connectivity index (χ4n) is 2.18. The zero-order chi connectivity index (χ0) is 17.7. The molecule has 24 heavy (non-hydrogen) atoms. The normalized spacial score (nSPS) is 10.2. The highest BCUT2D eigenvalue weighted by molar-refractivity contribution is 5.95. The number of hydrogen-bond acceptors (Lipinski definition) is 3. The van der Waals surface area contributed by atoms with Crippen LogP contribution in [0.2, 0.25) is 0 Å². The van der Waals surface area contributed by atoms with Crippen LogP contribution in [0.3, 0.4) is 0 Å². The molecule has 0 unspecified atom stereocenters. The summed E-state index contributed by atoms with van der Waals surface area (Å²) in [5.41, 5.74) is 3.34. The number of ether oxygens (including phenoxy) is 1. The van der Waals surface area contributed by atoms with Crippen LogP contribution >= 0.6 is 0 Å². The van der Waals surface area contributed by atoms with E-state index in [1.807, 2.05) is 32.0 Å². The van der Waals surface area contributed by atoms with Crippen LogP contribution in [0.15, 0.2) is 42.5 Å². The zero-order valence-electron chi connectivity index (χ0n) is 14.4. The minimum atomic E-state index is -0.248. The summed E-state index contributed by atoms with van der Waals surface area (Å²) in [7, 11) is 3.39. The van der Waals surface area contributed by atoms with Gasteiger partial charge in [0.1, 0.15) is 5.75 Å². The first kappa shape index (κ1) is 17.5. The van der Waals surface area contributed by atoms with Crippen LogP contribution in [0.5, 0.6) is 5.75 Å². The second-order valence-corrected chi connectivity index (χ2v) is 5.81. The maximum atomic E-state index is 12.0. The Balaban J connectivity index is 1.93. The SMILES string of the molecule is Cc1cccc(OCC(=O)Nc2ccc(C(=O)N(C)C)cc2)c1C. The predicted molar refractivity (Wildman–Crippen MR) is 94.5 cm³/mol. The summed E-state index contributed by atoms with van der Waals surface area (Å²) in [5.74, 6) is 0.380. The number of rotatable bonds is 5. The molecule has 0 saturated carbocycles. The van der Waals surface area contributed by atoms with Crippen molar-refractivity contribution in [3.8, 4) is 5.75 Å². The summed E-state index contributed by atoms with van der Waals surface area (Å²) in [6.07, 6.45) is 0. The van der Waals surface area contributed by atoms with Crippen LogP contribution in [-0.4, -0.2) is 37.4 Å². The molecule has 2 amide bonds. The van der Waals surface area contributed by atoms with Gasteiger partial charge in [0.15, 0.2) is 6.61 Å². The number of amides is 2. The molecule has 0 bridgehead atoms. The molecule has 0 fully saturated rings. The number of aryl methyl sites for hydroxylation is 1. The minimum absolute atomic E-state index is 0.0668. The van der Waals surface area contributed by atoms with Crippen molar-refractivity contribution >= 4 is 17.5 Å². The van der Waals surface area contributed by atoms with Crippen LogP contribution in [0, 0.1) is 13.8 Å². The van der Waals surface area contributed by atoms with Gasteiger partial charge >= 0.3 is 0 Å². The molecule has 2 aromatic carbocycles. The second-order valence-electron chi connectivity index (χ2n) is 5.81. The Morgan fingerprint density at radius 2 is 1.71 bits per heavy atom. The molecule has 0 spiro atoms. The fraction of sp³-hybridized carbons (Fsp3) is 0.263. The molecule has 5 heteroatoms. The first-order valence-electron chi connectivity index (χ1n) is 7.69. The van der Waals surface area contributed by atoms with Gasteiger partial charge in [0.05, 0.1) is 0 Å². The van der Waals surface area contributed by atoms with Crippen molar-refractivity contribution < 1.29 is 14.3 Å². The Kier molecular flexibility index (Phi) is 5.58. The van der Waals surface area contributed by atoms with Gasteiger partial charge in [0.2, 0.25) is 0 Å². The Hall–Kier alpha value is -2.82. The lowest BCUT2D eigenvalue weighted by Gasteiger charge is -2.12.